The number of anilines is 1. The van der Waals surface area contributed by atoms with E-state index in [0.717, 1.165) is 26.2 Å². The molecule has 0 aromatic heterocycles. The quantitative estimate of drug-likeness (QED) is 0.592. The van der Waals surface area contributed by atoms with Crippen LogP contribution >= 0.6 is 0 Å². The summed E-state index contributed by atoms with van der Waals surface area (Å²) in [7, 11) is 0. The van der Waals surface area contributed by atoms with Gasteiger partial charge in [-0.15, -0.1) is 4.91 Å². The Morgan fingerprint density at radius 1 is 1.07 bits per heavy atom. The summed E-state index contributed by atoms with van der Waals surface area (Å²) >= 11 is 0. The van der Waals surface area contributed by atoms with Crippen molar-refractivity contribution in [3.63, 3.8) is 0 Å². The lowest BCUT2D eigenvalue weighted by Gasteiger charge is -2.34. The van der Waals surface area contributed by atoms with Gasteiger partial charge in [0.2, 0.25) is 0 Å². The van der Waals surface area contributed by atoms with Gasteiger partial charge in [0.15, 0.2) is 0 Å². The molecule has 0 bridgehead atoms. The third-order valence-corrected chi connectivity index (χ3v) is 2.58. The van der Waals surface area contributed by atoms with Crippen molar-refractivity contribution in [2.24, 2.45) is 5.29 Å². The fourth-order valence-electron chi connectivity index (χ4n) is 1.76. The largest absolute Gasteiger partial charge is 0.369 e. The summed E-state index contributed by atoms with van der Waals surface area (Å²) in [4.78, 5) is 12.3. The highest BCUT2D eigenvalue weighted by Gasteiger charge is 2.16. The molecule has 1 heterocycles. The molecule has 5 nitrogen and oxygen atoms in total. The second kappa shape index (κ2) is 4.75. The molecule has 5 heteroatoms. The van der Waals surface area contributed by atoms with E-state index >= 15 is 0 Å². The van der Waals surface area contributed by atoms with Crippen molar-refractivity contribution in [1.82, 2.24) is 10.5 Å². The molecule has 0 radical (unpaired) electrons. The molecule has 0 atom stereocenters. The van der Waals surface area contributed by atoms with Crippen molar-refractivity contribution in [3.8, 4) is 0 Å². The monoisotopic (exact) mass is 206 g/mol. The lowest BCUT2D eigenvalue weighted by molar-refractivity contribution is 0.179. The lowest BCUT2D eigenvalue weighted by atomic mass is 10.2. The molecule has 1 aromatic rings. The number of hydrogen-bond acceptors (Lipinski definition) is 4. The number of hydrazine groups is 1. The van der Waals surface area contributed by atoms with E-state index in [2.05, 4.69) is 27.9 Å². The fraction of sp³-hybridized carbons (Fsp3) is 0.400. The highest BCUT2D eigenvalue weighted by Crippen LogP contribution is 2.14. The molecule has 0 spiro atoms. The Labute approximate surface area is 88.6 Å². The topological polar surface area (TPSA) is 47.9 Å². The van der Waals surface area contributed by atoms with Crippen LogP contribution in [0.15, 0.2) is 35.6 Å². The van der Waals surface area contributed by atoms with E-state index in [1.807, 2.05) is 23.2 Å². The second-order valence-corrected chi connectivity index (χ2v) is 3.50. The molecule has 1 aliphatic heterocycles. The Balaban J connectivity index is 1.91. The van der Waals surface area contributed by atoms with Gasteiger partial charge in [0.05, 0.1) is 5.29 Å². The first kappa shape index (κ1) is 9.92. The van der Waals surface area contributed by atoms with Crippen LogP contribution in [0.4, 0.5) is 5.69 Å². The number of rotatable bonds is 3. The number of hydrogen-bond donors (Lipinski definition) is 1. The number of benzene rings is 1. The first-order valence-corrected chi connectivity index (χ1v) is 5.03. The van der Waals surface area contributed by atoms with Crippen LogP contribution in [-0.2, 0) is 0 Å². The maximum Gasteiger partial charge on any atom is 0.0658 e. The number of piperazine rings is 1. The van der Waals surface area contributed by atoms with Crippen LogP contribution in [0.1, 0.15) is 0 Å². The van der Waals surface area contributed by atoms with Crippen LogP contribution in [0.25, 0.3) is 0 Å². The van der Waals surface area contributed by atoms with Crippen LogP contribution in [0.5, 0.6) is 0 Å². The molecule has 2 rings (SSSR count). The summed E-state index contributed by atoms with van der Waals surface area (Å²) in [6, 6.07) is 10.3. The van der Waals surface area contributed by atoms with E-state index in [9.17, 15) is 4.91 Å². The molecule has 0 saturated carbocycles. The van der Waals surface area contributed by atoms with Gasteiger partial charge in [-0.2, -0.15) is 0 Å². The number of para-hydroxylation sites is 1. The van der Waals surface area contributed by atoms with Crippen molar-refractivity contribution in [2.75, 3.05) is 31.1 Å². The molecule has 0 aliphatic carbocycles. The highest BCUT2D eigenvalue weighted by atomic mass is 16.3. The smallest absolute Gasteiger partial charge is 0.0658 e. The highest BCUT2D eigenvalue weighted by molar-refractivity contribution is 5.46. The van der Waals surface area contributed by atoms with Crippen molar-refractivity contribution in [3.05, 3.63) is 35.2 Å². The number of nitrogens with zero attached hydrogens (tertiary/aromatic N) is 3. The maximum atomic E-state index is 10.0. The molecule has 0 amide bonds. The van der Waals surface area contributed by atoms with Gasteiger partial charge in [-0.25, -0.2) is 10.5 Å². The van der Waals surface area contributed by atoms with Gasteiger partial charge in [0.25, 0.3) is 0 Å². The third kappa shape index (κ3) is 2.44. The van der Waals surface area contributed by atoms with Crippen LogP contribution in [0.2, 0.25) is 0 Å². The van der Waals surface area contributed by atoms with Gasteiger partial charge in [-0.05, 0) is 12.1 Å². The molecule has 1 aromatic carbocycles. The minimum atomic E-state index is 0.806. The Morgan fingerprint density at radius 3 is 2.33 bits per heavy atom. The molecule has 1 N–H and O–H groups in total. The molecule has 1 fully saturated rings. The molecule has 0 unspecified atom stereocenters. The number of nitroso groups, excluding NO2 is 1. The standard InChI is InChI=1S/C10H14N4O/c15-12-11-14-8-6-13(7-9-14)10-4-2-1-3-5-10/h1-5H,6-9H2,(H,11,15). The SMILES string of the molecule is O=NNN1CCN(c2ccccc2)CC1. The fourth-order valence-corrected chi connectivity index (χ4v) is 1.76. The van der Waals surface area contributed by atoms with E-state index in [1.165, 1.54) is 5.69 Å². The summed E-state index contributed by atoms with van der Waals surface area (Å²) in [6.07, 6.45) is 0. The summed E-state index contributed by atoms with van der Waals surface area (Å²) in [5.74, 6) is 0. The predicted octanol–water partition coefficient (Wildman–Crippen LogP) is 0.995. The third-order valence-electron chi connectivity index (χ3n) is 2.58. The van der Waals surface area contributed by atoms with Crippen LogP contribution < -0.4 is 10.4 Å². The van der Waals surface area contributed by atoms with Crippen molar-refractivity contribution in [1.29, 1.82) is 0 Å². The Morgan fingerprint density at radius 2 is 1.73 bits per heavy atom. The Hall–Kier alpha value is -1.62. The Bertz CT molecular complexity index is 308. The number of nitrogens with one attached hydrogen (secondary N) is 1. The van der Waals surface area contributed by atoms with Gasteiger partial charge in [-0.3, -0.25) is 0 Å². The maximum absolute atomic E-state index is 10.0. The average molecular weight is 206 g/mol. The molecular weight excluding hydrogens is 192 g/mol. The minimum Gasteiger partial charge on any atom is -0.369 e. The van der Waals surface area contributed by atoms with Gasteiger partial charge in [-0.1, -0.05) is 18.2 Å². The first-order chi connectivity index (χ1) is 7.40. The summed E-state index contributed by atoms with van der Waals surface area (Å²) < 4.78 is 0. The summed E-state index contributed by atoms with van der Waals surface area (Å²) in [5, 5.41) is 4.49. The van der Waals surface area contributed by atoms with Crippen molar-refractivity contribution in [2.45, 2.75) is 0 Å². The van der Waals surface area contributed by atoms with Gasteiger partial charge >= 0.3 is 0 Å². The first-order valence-electron chi connectivity index (χ1n) is 5.03. The van der Waals surface area contributed by atoms with Crippen molar-refractivity contribution < 1.29 is 0 Å². The zero-order valence-corrected chi connectivity index (χ0v) is 8.47. The van der Waals surface area contributed by atoms with E-state index in [1.54, 1.807) is 0 Å². The molecule has 1 aliphatic rings. The van der Waals surface area contributed by atoms with E-state index < -0.39 is 0 Å². The van der Waals surface area contributed by atoms with Gasteiger partial charge < -0.3 is 4.90 Å². The average Bonchev–Trinajstić information content (AvgIpc) is 2.32. The summed E-state index contributed by atoms with van der Waals surface area (Å²) in [5.41, 5.74) is 3.67. The van der Waals surface area contributed by atoms with E-state index in [-0.39, 0.29) is 0 Å². The summed E-state index contributed by atoms with van der Waals surface area (Å²) in [6.45, 7) is 3.43. The predicted molar refractivity (Wildman–Crippen MR) is 59.2 cm³/mol. The van der Waals surface area contributed by atoms with E-state index in [0.29, 0.717) is 0 Å². The van der Waals surface area contributed by atoms with Gasteiger partial charge in [0, 0.05) is 31.9 Å². The van der Waals surface area contributed by atoms with Crippen LogP contribution in [0, 0.1) is 4.91 Å². The van der Waals surface area contributed by atoms with E-state index in [4.69, 9.17) is 0 Å². The normalized spacial score (nSPS) is 17.5. The minimum absolute atomic E-state index is 0.806. The molecule has 15 heavy (non-hydrogen) atoms. The van der Waals surface area contributed by atoms with Crippen LogP contribution in [-0.4, -0.2) is 31.2 Å². The molecular formula is C10H14N4O. The zero-order chi connectivity index (χ0) is 10.5. The molecule has 80 valence electrons. The van der Waals surface area contributed by atoms with Crippen LogP contribution in [0.3, 0.4) is 0 Å². The zero-order valence-electron chi connectivity index (χ0n) is 8.47. The van der Waals surface area contributed by atoms with Crippen molar-refractivity contribution >= 4 is 5.69 Å². The van der Waals surface area contributed by atoms with Gasteiger partial charge in [0.1, 0.15) is 0 Å². The second-order valence-electron chi connectivity index (χ2n) is 3.50. The lowest BCUT2D eigenvalue weighted by Crippen LogP contribution is -2.50. The Kier molecular flexibility index (Phi) is 3.14. The molecule has 1 saturated heterocycles.